The molecular formula is C12H15NO4. The molecule has 0 saturated carbocycles. The smallest absolute Gasteiger partial charge is 0.326 e. The van der Waals surface area contributed by atoms with E-state index in [2.05, 4.69) is 0 Å². The van der Waals surface area contributed by atoms with Gasteiger partial charge in [0.25, 0.3) is 5.56 Å². The standard InChI is InChI=1S/C12H15NO4/c1-4-17-11(15)7-13-8(2)5-6-10(9(3)14)12(13)16/h5-6H,4,7H2,1-3H3. The number of ether oxygens (including phenoxy) is 1. The summed E-state index contributed by atoms with van der Waals surface area (Å²) >= 11 is 0. The van der Waals surface area contributed by atoms with E-state index >= 15 is 0 Å². The van der Waals surface area contributed by atoms with Gasteiger partial charge in [0.05, 0.1) is 12.2 Å². The van der Waals surface area contributed by atoms with Gasteiger partial charge in [0.15, 0.2) is 5.78 Å². The van der Waals surface area contributed by atoms with Crippen molar-refractivity contribution in [3.8, 4) is 0 Å². The fourth-order valence-corrected chi connectivity index (χ4v) is 1.47. The summed E-state index contributed by atoms with van der Waals surface area (Å²) in [7, 11) is 0. The van der Waals surface area contributed by atoms with Crippen molar-refractivity contribution >= 4 is 11.8 Å². The van der Waals surface area contributed by atoms with Crippen molar-refractivity contribution in [3.63, 3.8) is 0 Å². The van der Waals surface area contributed by atoms with Crippen molar-refractivity contribution < 1.29 is 14.3 Å². The minimum absolute atomic E-state index is 0.0832. The van der Waals surface area contributed by atoms with Gasteiger partial charge in [0.1, 0.15) is 6.54 Å². The van der Waals surface area contributed by atoms with Crippen molar-refractivity contribution in [3.05, 3.63) is 33.7 Å². The zero-order valence-corrected chi connectivity index (χ0v) is 10.1. The molecular weight excluding hydrogens is 222 g/mol. The lowest BCUT2D eigenvalue weighted by molar-refractivity contribution is -0.143. The van der Waals surface area contributed by atoms with Crippen molar-refractivity contribution in [1.82, 2.24) is 4.57 Å². The largest absolute Gasteiger partial charge is 0.465 e. The third-order valence-electron chi connectivity index (χ3n) is 2.36. The molecule has 5 nitrogen and oxygen atoms in total. The van der Waals surface area contributed by atoms with Crippen LogP contribution in [0.15, 0.2) is 16.9 Å². The predicted octanol–water partition coefficient (Wildman–Crippen LogP) is 0.922. The second-order valence-corrected chi connectivity index (χ2v) is 3.64. The number of ketones is 1. The average Bonchev–Trinajstić information content (AvgIpc) is 2.24. The van der Waals surface area contributed by atoms with Crippen molar-refractivity contribution in [2.24, 2.45) is 0 Å². The first-order valence-electron chi connectivity index (χ1n) is 5.34. The van der Waals surface area contributed by atoms with Crippen LogP contribution < -0.4 is 5.56 Å². The molecule has 1 heterocycles. The van der Waals surface area contributed by atoms with Crippen molar-refractivity contribution in [2.45, 2.75) is 27.3 Å². The summed E-state index contributed by atoms with van der Waals surface area (Å²) in [6.07, 6.45) is 0. The second-order valence-electron chi connectivity index (χ2n) is 3.64. The van der Waals surface area contributed by atoms with E-state index < -0.39 is 11.5 Å². The second kappa shape index (κ2) is 5.43. The molecule has 0 atom stereocenters. The molecule has 0 fully saturated rings. The maximum atomic E-state index is 11.9. The van der Waals surface area contributed by atoms with E-state index in [1.807, 2.05) is 0 Å². The number of nitrogens with zero attached hydrogens (tertiary/aromatic N) is 1. The molecule has 0 unspecified atom stereocenters. The molecule has 1 aromatic rings. The van der Waals surface area contributed by atoms with Crippen LogP contribution in [0.5, 0.6) is 0 Å². The monoisotopic (exact) mass is 237 g/mol. The van der Waals surface area contributed by atoms with E-state index in [1.165, 1.54) is 17.6 Å². The Morgan fingerprint density at radius 2 is 2.00 bits per heavy atom. The average molecular weight is 237 g/mol. The third-order valence-corrected chi connectivity index (χ3v) is 2.36. The molecule has 0 amide bonds. The summed E-state index contributed by atoms with van der Waals surface area (Å²) < 4.78 is 6.02. The number of carbonyl (C=O) groups is 2. The normalized spacial score (nSPS) is 10.1. The number of carbonyl (C=O) groups excluding carboxylic acids is 2. The number of pyridine rings is 1. The van der Waals surface area contributed by atoms with Crippen LogP contribution in [0.1, 0.15) is 29.9 Å². The Labute approximate surface area is 99.0 Å². The quantitative estimate of drug-likeness (QED) is 0.577. The zero-order chi connectivity index (χ0) is 13.0. The van der Waals surface area contributed by atoms with Crippen LogP contribution in [0.3, 0.4) is 0 Å². The fraction of sp³-hybridized carbons (Fsp3) is 0.417. The molecule has 0 radical (unpaired) electrons. The predicted molar refractivity (Wildman–Crippen MR) is 62.1 cm³/mol. The van der Waals surface area contributed by atoms with Gasteiger partial charge in [0, 0.05) is 5.69 Å². The first-order valence-corrected chi connectivity index (χ1v) is 5.34. The van der Waals surface area contributed by atoms with Crippen LogP contribution in [0, 0.1) is 6.92 Å². The number of aryl methyl sites for hydroxylation is 1. The van der Waals surface area contributed by atoms with Gasteiger partial charge in [-0.2, -0.15) is 0 Å². The maximum absolute atomic E-state index is 11.9. The van der Waals surface area contributed by atoms with Crippen LogP contribution in [0.4, 0.5) is 0 Å². The molecule has 92 valence electrons. The topological polar surface area (TPSA) is 65.4 Å². The molecule has 0 spiro atoms. The first kappa shape index (κ1) is 13.2. The van der Waals surface area contributed by atoms with Gasteiger partial charge in [-0.1, -0.05) is 0 Å². The van der Waals surface area contributed by atoms with E-state index in [0.717, 1.165) is 0 Å². The Morgan fingerprint density at radius 1 is 1.35 bits per heavy atom. The van der Waals surface area contributed by atoms with Crippen LogP contribution in [-0.4, -0.2) is 22.9 Å². The van der Waals surface area contributed by atoms with Gasteiger partial charge in [-0.15, -0.1) is 0 Å². The fourth-order valence-electron chi connectivity index (χ4n) is 1.47. The Kier molecular flexibility index (Phi) is 4.20. The highest BCUT2D eigenvalue weighted by atomic mass is 16.5. The SMILES string of the molecule is CCOC(=O)Cn1c(C)ccc(C(C)=O)c1=O. The molecule has 0 N–H and O–H groups in total. The minimum atomic E-state index is -0.488. The van der Waals surface area contributed by atoms with Gasteiger partial charge in [-0.25, -0.2) is 0 Å². The maximum Gasteiger partial charge on any atom is 0.326 e. The summed E-state index contributed by atoms with van der Waals surface area (Å²) in [6, 6.07) is 3.11. The molecule has 0 aliphatic heterocycles. The minimum Gasteiger partial charge on any atom is -0.465 e. The Hall–Kier alpha value is -1.91. The Bertz CT molecular complexity index is 502. The lowest BCUT2D eigenvalue weighted by Gasteiger charge is -2.10. The Morgan fingerprint density at radius 3 is 2.53 bits per heavy atom. The summed E-state index contributed by atoms with van der Waals surface area (Å²) in [4.78, 5) is 34.4. The van der Waals surface area contributed by atoms with E-state index in [0.29, 0.717) is 5.69 Å². The number of aromatic nitrogens is 1. The van der Waals surface area contributed by atoms with Gasteiger partial charge in [-0.3, -0.25) is 14.4 Å². The molecule has 0 saturated heterocycles. The van der Waals surface area contributed by atoms with Gasteiger partial charge in [0.2, 0.25) is 0 Å². The number of hydrogen-bond acceptors (Lipinski definition) is 4. The lowest BCUT2D eigenvalue weighted by Crippen LogP contribution is -2.30. The molecule has 5 heteroatoms. The molecule has 1 rings (SSSR count). The van der Waals surface area contributed by atoms with Gasteiger partial charge < -0.3 is 9.30 Å². The van der Waals surface area contributed by atoms with E-state index in [1.54, 1.807) is 19.9 Å². The molecule has 17 heavy (non-hydrogen) atoms. The summed E-state index contributed by atoms with van der Waals surface area (Å²) in [6.45, 7) is 4.81. The summed E-state index contributed by atoms with van der Waals surface area (Å²) in [5.74, 6) is -0.800. The van der Waals surface area contributed by atoms with E-state index in [-0.39, 0.29) is 24.5 Å². The molecule has 0 bridgehead atoms. The highest BCUT2D eigenvalue weighted by Crippen LogP contribution is 2.00. The van der Waals surface area contributed by atoms with Crippen LogP contribution in [0.25, 0.3) is 0 Å². The highest BCUT2D eigenvalue weighted by Gasteiger charge is 2.12. The number of esters is 1. The van der Waals surface area contributed by atoms with Crippen LogP contribution in [0.2, 0.25) is 0 Å². The zero-order valence-electron chi connectivity index (χ0n) is 10.1. The number of Topliss-reactive ketones (excluding diaryl/α,β-unsaturated/α-hetero) is 1. The summed E-state index contributed by atoms with van der Waals surface area (Å²) in [5.41, 5.74) is 0.249. The molecule has 0 aliphatic carbocycles. The lowest BCUT2D eigenvalue weighted by atomic mass is 10.2. The van der Waals surface area contributed by atoms with Crippen molar-refractivity contribution in [2.75, 3.05) is 6.61 Å². The number of hydrogen-bond donors (Lipinski definition) is 0. The van der Waals surface area contributed by atoms with E-state index in [4.69, 9.17) is 4.74 Å². The Balaban J connectivity index is 3.15. The first-order chi connectivity index (χ1) is 7.97. The van der Waals surface area contributed by atoms with E-state index in [9.17, 15) is 14.4 Å². The molecule has 1 aromatic heterocycles. The van der Waals surface area contributed by atoms with Crippen LogP contribution in [-0.2, 0) is 16.1 Å². The van der Waals surface area contributed by atoms with Gasteiger partial charge in [-0.05, 0) is 32.9 Å². The van der Waals surface area contributed by atoms with Gasteiger partial charge >= 0.3 is 5.97 Å². The summed E-state index contributed by atoms with van der Waals surface area (Å²) in [5, 5.41) is 0. The highest BCUT2D eigenvalue weighted by molar-refractivity contribution is 5.93. The van der Waals surface area contributed by atoms with Crippen LogP contribution >= 0.6 is 0 Å². The third kappa shape index (κ3) is 3.03. The molecule has 0 aromatic carbocycles. The van der Waals surface area contributed by atoms with Crippen molar-refractivity contribution in [1.29, 1.82) is 0 Å². The molecule has 0 aliphatic rings. The number of rotatable bonds is 4.